The molecular formula is C17H30O7. The Kier molecular flexibility index (Phi) is 13.8. The van der Waals surface area contributed by atoms with Crippen molar-refractivity contribution in [2.75, 3.05) is 13.2 Å². The molecule has 0 amide bonds. The zero-order valence-corrected chi connectivity index (χ0v) is 14.9. The number of carboxylic acid groups (broad SMARTS) is 2. The van der Waals surface area contributed by atoms with Crippen molar-refractivity contribution in [2.45, 2.75) is 53.4 Å². The molecule has 24 heavy (non-hydrogen) atoms. The molecule has 0 radical (unpaired) electrons. The number of carboxylic acids is 2. The molecule has 0 atom stereocenters. The Labute approximate surface area is 143 Å². The number of aliphatic hydroxyl groups is 2. The summed E-state index contributed by atoms with van der Waals surface area (Å²) in [5.41, 5.74) is -0.0932. The zero-order chi connectivity index (χ0) is 19.2. The van der Waals surface area contributed by atoms with Gasteiger partial charge in [-0.15, -0.1) is 0 Å². The quantitative estimate of drug-likeness (QED) is 0.354. The Morgan fingerprint density at radius 1 is 1.00 bits per heavy atom. The average molecular weight is 346 g/mol. The van der Waals surface area contributed by atoms with E-state index in [0.717, 1.165) is 18.8 Å². The van der Waals surface area contributed by atoms with E-state index < -0.39 is 11.9 Å². The number of carbonyl (C=O) groups is 2. The van der Waals surface area contributed by atoms with E-state index in [1.165, 1.54) is 0 Å². The van der Waals surface area contributed by atoms with Crippen LogP contribution in [0.1, 0.15) is 53.4 Å². The van der Waals surface area contributed by atoms with Gasteiger partial charge in [0.25, 0.3) is 0 Å². The summed E-state index contributed by atoms with van der Waals surface area (Å²) in [5, 5.41) is 34.3. The van der Waals surface area contributed by atoms with E-state index >= 15 is 0 Å². The predicted molar refractivity (Wildman–Crippen MR) is 90.3 cm³/mol. The van der Waals surface area contributed by atoms with Crippen LogP contribution < -0.4 is 0 Å². The van der Waals surface area contributed by atoms with Crippen molar-refractivity contribution >= 4 is 11.9 Å². The van der Waals surface area contributed by atoms with Gasteiger partial charge in [-0.25, -0.2) is 9.59 Å². The second-order valence-electron chi connectivity index (χ2n) is 5.95. The van der Waals surface area contributed by atoms with Crippen molar-refractivity contribution in [3.8, 4) is 0 Å². The normalized spacial score (nSPS) is 12.2. The molecule has 0 spiro atoms. The lowest BCUT2D eigenvalue weighted by molar-refractivity contribution is -0.133. The third-order valence-electron chi connectivity index (χ3n) is 2.85. The van der Waals surface area contributed by atoms with Crippen LogP contribution in [-0.2, 0) is 14.3 Å². The molecular weight excluding hydrogens is 316 g/mol. The highest BCUT2D eigenvalue weighted by Gasteiger charge is 2.14. The van der Waals surface area contributed by atoms with Gasteiger partial charge in [-0.3, -0.25) is 0 Å². The number of aliphatic hydroxyl groups excluding tert-OH is 2. The zero-order valence-electron chi connectivity index (χ0n) is 14.9. The van der Waals surface area contributed by atoms with Crippen LogP contribution in [0.5, 0.6) is 0 Å². The van der Waals surface area contributed by atoms with Gasteiger partial charge in [0, 0.05) is 11.8 Å². The highest BCUT2D eigenvalue weighted by Crippen LogP contribution is 2.18. The first-order valence-corrected chi connectivity index (χ1v) is 7.88. The summed E-state index contributed by atoms with van der Waals surface area (Å²) in [6, 6.07) is 0. The molecule has 0 heterocycles. The van der Waals surface area contributed by atoms with Crippen molar-refractivity contribution in [1.82, 2.24) is 0 Å². The summed E-state index contributed by atoms with van der Waals surface area (Å²) in [5.74, 6) is -1.81. The molecule has 0 bridgehead atoms. The molecule has 0 unspecified atom stereocenters. The number of hydrogen-bond donors (Lipinski definition) is 4. The first kappa shape index (κ1) is 24.4. The summed E-state index contributed by atoms with van der Waals surface area (Å²) in [7, 11) is 0. The first-order valence-electron chi connectivity index (χ1n) is 7.88. The number of rotatable bonds is 10. The van der Waals surface area contributed by atoms with Crippen molar-refractivity contribution in [3.05, 3.63) is 23.7 Å². The molecule has 7 nitrogen and oxygen atoms in total. The highest BCUT2D eigenvalue weighted by molar-refractivity contribution is 5.87. The van der Waals surface area contributed by atoms with Gasteiger partial charge in [0.05, 0.1) is 31.1 Å². The van der Waals surface area contributed by atoms with Gasteiger partial charge in [-0.05, 0) is 12.8 Å². The topological polar surface area (TPSA) is 124 Å². The summed E-state index contributed by atoms with van der Waals surface area (Å²) in [4.78, 5) is 21.3. The first-order chi connectivity index (χ1) is 11.1. The van der Waals surface area contributed by atoms with Crippen LogP contribution in [0.2, 0.25) is 0 Å². The lowest BCUT2D eigenvalue weighted by Gasteiger charge is -2.16. The molecule has 0 rings (SSSR count). The molecule has 0 saturated heterocycles. The number of aliphatic carboxylic acids is 2. The van der Waals surface area contributed by atoms with Gasteiger partial charge in [0.15, 0.2) is 0 Å². The van der Waals surface area contributed by atoms with Crippen molar-refractivity contribution in [1.29, 1.82) is 0 Å². The second kappa shape index (κ2) is 13.6. The Hall–Kier alpha value is -1.86. The van der Waals surface area contributed by atoms with E-state index in [9.17, 15) is 9.59 Å². The molecule has 140 valence electrons. The van der Waals surface area contributed by atoms with E-state index in [0.29, 0.717) is 25.0 Å². The third-order valence-corrected chi connectivity index (χ3v) is 2.85. The molecule has 4 N–H and O–H groups in total. The maximum Gasteiger partial charge on any atom is 0.334 e. The van der Waals surface area contributed by atoms with E-state index in [1.807, 2.05) is 13.8 Å². The van der Waals surface area contributed by atoms with Crippen molar-refractivity contribution in [3.63, 3.8) is 0 Å². The van der Waals surface area contributed by atoms with Gasteiger partial charge < -0.3 is 25.2 Å². The van der Waals surface area contributed by atoms with Crippen LogP contribution in [0.15, 0.2) is 23.7 Å². The van der Waals surface area contributed by atoms with Crippen LogP contribution in [0, 0.1) is 5.41 Å². The number of hydrogen-bond acceptors (Lipinski definition) is 5. The summed E-state index contributed by atoms with van der Waals surface area (Å²) in [6.07, 6.45) is 4.15. The minimum absolute atomic E-state index is 0.0451. The monoisotopic (exact) mass is 346 g/mol. The van der Waals surface area contributed by atoms with Crippen LogP contribution in [-0.4, -0.2) is 45.6 Å². The molecule has 0 fully saturated rings. The Balaban J connectivity index is 0. The molecule has 0 aliphatic carbocycles. The lowest BCUT2D eigenvalue weighted by atomic mass is 9.97. The minimum Gasteiger partial charge on any atom is -0.478 e. The smallest absolute Gasteiger partial charge is 0.334 e. The van der Waals surface area contributed by atoms with Crippen molar-refractivity contribution < 1.29 is 34.8 Å². The minimum atomic E-state index is -1.13. The molecule has 0 aliphatic heterocycles. The summed E-state index contributed by atoms with van der Waals surface area (Å²) >= 11 is 0. The fourth-order valence-corrected chi connectivity index (χ4v) is 1.35. The van der Waals surface area contributed by atoms with Crippen LogP contribution in [0.25, 0.3) is 0 Å². The maximum atomic E-state index is 11.0. The molecule has 0 aliphatic rings. The third kappa shape index (κ3) is 12.7. The molecule has 0 aromatic carbocycles. The van der Waals surface area contributed by atoms with E-state index in [4.69, 9.17) is 25.2 Å². The van der Waals surface area contributed by atoms with E-state index in [1.54, 1.807) is 13.8 Å². The molecule has 7 heteroatoms. The Bertz CT molecular complexity index is 430. The van der Waals surface area contributed by atoms with Gasteiger partial charge in [0.1, 0.15) is 5.76 Å². The summed E-state index contributed by atoms with van der Waals surface area (Å²) in [6.45, 7) is 7.46. The second-order valence-corrected chi connectivity index (χ2v) is 5.95. The fourth-order valence-electron chi connectivity index (χ4n) is 1.35. The molecule has 0 aromatic rings. The van der Waals surface area contributed by atoms with Gasteiger partial charge in [-0.1, -0.05) is 34.1 Å². The average Bonchev–Trinajstić information content (AvgIpc) is 2.52. The van der Waals surface area contributed by atoms with Gasteiger partial charge in [0.2, 0.25) is 0 Å². The predicted octanol–water partition coefficient (Wildman–Crippen LogP) is 2.54. The standard InChI is InChI=1S/C12H18O5.C5H12O2/c1-3-5-9(12(15)16)10(6-4-2)17-8-7-11(13)14;1-5(2,3-6)4-7/h7-8H,3-6H2,1-2H3,(H,13,14)(H,15,16);6-7H,3-4H2,1-2H3. The number of ether oxygens (including phenoxy) is 1. The Morgan fingerprint density at radius 2 is 1.50 bits per heavy atom. The molecule has 0 aromatic heterocycles. The molecule has 0 saturated carbocycles. The van der Waals surface area contributed by atoms with Crippen LogP contribution in [0.4, 0.5) is 0 Å². The lowest BCUT2D eigenvalue weighted by Crippen LogP contribution is -2.20. The number of allylic oxidation sites excluding steroid dienone is 1. The van der Waals surface area contributed by atoms with E-state index in [-0.39, 0.29) is 24.2 Å². The van der Waals surface area contributed by atoms with Crippen LogP contribution >= 0.6 is 0 Å². The van der Waals surface area contributed by atoms with Crippen LogP contribution in [0.3, 0.4) is 0 Å². The van der Waals surface area contributed by atoms with E-state index in [2.05, 4.69) is 0 Å². The largest absolute Gasteiger partial charge is 0.478 e. The van der Waals surface area contributed by atoms with Gasteiger partial charge in [-0.2, -0.15) is 0 Å². The highest BCUT2D eigenvalue weighted by atomic mass is 16.5. The Morgan fingerprint density at radius 3 is 1.79 bits per heavy atom. The van der Waals surface area contributed by atoms with Crippen molar-refractivity contribution in [2.24, 2.45) is 5.41 Å². The summed E-state index contributed by atoms with van der Waals surface area (Å²) < 4.78 is 5.11. The SMILES string of the molecule is CC(C)(CO)CO.CCCC(OC=CC(=O)O)=C(CCC)C(=O)O. The maximum absolute atomic E-state index is 11.0. The van der Waals surface area contributed by atoms with Gasteiger partial charge >= 0.3 is 11.9 Å². The fraction of sp³-hybridized carbons (Fsp3) is 0.647.